The fraction of sp³-hybridized carbons (Fsp3) is 0.500. The molecule has 1 aromatic carbocycles. The summed E-state index contributed by atoms with van der Waals surface area (Å²) < 4.78 is 5.33. The Morgan fingerprint density at radius 2 is 2.03 bits per heavy atom. The highest BCUT2D eigenvalue weighted by atomic mass is 16.5. The number of aromatic nitrogens is 3. The molecular weight excluding hydrogens is 404 g/mol. The standard InChI is InChI=1S/C24H34N6O2/c1-3-29(9-8-20-16-25-23-12-21(32-2)4-5-22(20)23)17-18-6-10-30(11-7-18)24-26-13-19(14-27-24)15-28-31/h4-5,12-14,16,18,25,28,31H,3,6-11,15,17H2,1-2H3. The van der Waals surface area contributed by atoms with Crippen LogP contribution < -0.4 is 15.1 Å². The third-order valence-corrected chi connectivity index (χ3v) is 6.51. The minimum absolute atomic E-state index is 0.363. The molecule has 0 bridgehead atoms. The molecule has 8 nitrogen and oxygen atoms in total. The number of H-pyrrole nitrogens is 1. The zero-order chi connectivity index (χ0) is 22.3. The van der Waals surface area contributed by atoms with Crippen molar-refractivity contribution in [3.63, 3.8) is 0 Å². The summed E-state index contributed by atoms with van der Waals surface area (Å²) in [5.74, 6) is 2.38. The highest BCUT2D eigenvalue weighted by Gasteiger charge is 2.22. The van der Waals surface area contributed by atoms with Crippen LogP contribution in [-0.4, -0.2) is 64.9 Å². The molecule has 0 saturated carbocycles. The summed E-state index contributed by atoms with van der Waals surface area (Å²) >= 11 is 0. The minimum atomic E-state index is 0.363. The van der Waals surface area contributed by atoms with E-state index in [1.165, 1.54) is 10.9 Å². The first-order chi connectivity index (χ1) is 15.7. The Morgan fingerprint density at radius 3 is 2.72 bits per heavy atom. The van der Waals surface area contributed by atoms with E-state index in [1.54, 1.807) is 19.5 Å². The van der Waals surface area contributed by atoms with Crippen molar-refractivity contribution in [3.8, 4) is 5.75 Å². The van der Waals surface area contributed by atoms with Gasteiger partial charge in [-0.1, -0.05) is 6.92 Å². The van der Waals surface area contributed by atoms with E-state index >= 15 is 0 Å². The third-order valence-electron chi connectivity index (χ3n) is 6.51. The van der Waals surface area contributed by atoms with E-state index in [1.807, 2.05) is 6.07 Å². The van der Waals surface area contributed by atoms with Gasteiger partial charge in [0.2, 0.25) is 5.95 Å². The predicted octanol–water partition coefficient (Wildman–Crippen LogP) is 3.23. The topological polar surface area (TPSA) is 89.5 Å². The summed E-state index contributed by atoms with van der Waals surface area (Å²) in [5, 5.41) is 10.1. The molecule has 0 unspecified atom stereocenters. The largest absolute Gasteiger partial charge is 0.497 e. The van der Waals surface area contributed by atoms with Crippen LogP contribution >= 0.6 is 0 Å². The number of likely N-dealkylation sites (N-methyl/N-ethyl adjacent to an activating group) is 1. The molecule has 3 N–H and O–H groups in total. The highest BCUT2D eigenvalue weighted by molar-refractivity contribution is 5.84. The van der Waals surface area contributed by atoms with Crippen LogP contribution in [0, 0.1) is 5.92 Å². The van der Waals surface area contributed by atoms with Crippen LogP contribution in [0.3, 0.4) is 0 Å². The first-order valence-electron chi connectivity index (χ1n) is 11.5. The Hall–Kier alpha value is -2.68. The second kappa shape index (κ2) is 10.8. The van der Waals surface area contributed by atoms with Crippen LogP contribution in [0.25, 0.3) is 10.9 Å². The molecule has 32 heavy (non-hydrogen) atoms. The lowest BCUT2D eigenvalue weighted by Crippen LogP contribution is -2.40. The molecule has 0 aliphatic carbocycles. The minimum Gasteiger partial charge on any atom is -0.497 e. The summed E-state index contributed by atoms with van der Waals surface area (Å²) in [7, 11) is 1.70. The van der Waals surface area contributed by atoms with Gasteiger partial charge in [0, 0.05) is 73.8 Å². The normalized spacial score (nSPS) is 15.1. The fourth-order valence-corrected chi connectivity index (χ4v) is 4.53. The summed E-state index contributed by atoms with van der Waals surface area (Å²) in [5.41, 5.74) is 5.52. The van der Waals surface area contributed by atoms with Crippen LogP contribution in [0.1, 0.15) is 30.9 Å². The molecule has 172 valence electrons. The number of anilines is 1. The number of piperidine rings is 1. The maximum Gasteiger partial charge on any atom is 0.225 e. The molecule has 1 saturated heterocycles. The number of benzene rings is 1. The number of hydrogen-bond acceptors (Lipinski definition) is 7. The second-order valence-corrected chi connectivity index (χ2v) is 8.53. The second-order valence-electron chi connectivity index (χ2n) is 8.53. The molecule has 4 rings (SSSR count). The van der Waals surface area contributed by atoms with Gasteiger partial charge in [-0.25, -0.2) is 15.4 Å². The average Bonchev–Trinajstić information content (AvgIpc) is 3.25. The zero-order valence-corrected chi connectivity index (χ0v) is 19.0. The smallest absolute Gasteiger partial charge is 0.225 e. The first-order valence-corrected chi connectivity index (χ1v) is 11.5. The van der Waals surface area contributed by atoms with E-state index in [-0.39, 0.29) is 0 Å². The number of methoxy groups -OCH3 is 1. The molecule has 2 aromatic heterocycles. The molecule has 0 amide bonds. The maximum atomic E-state index is 8.79. The van der Waals surface area contributed by atoms with Crippen molar-refractivity contribution in [1.29, 1.82) is 0 Å². The van der Waals surface area contributed by atoms with Crippen LogP contribution in [-0.2, 0) is 13.0 Å². The van der Waals surface area contributed by atoms with Gasteiger partial charge in [-0.05, 0) is 49.4 Å². The average molecular weight is 439 g/mol. The molecule has 0 atom stereocenters. The monoisotopic (exact) mass is 438 g/mol. The van der Waals surface area contributed by atoms with E-state index < -0.39 is 0 Å². The van der Waals surface area contributed by atoms with Gasteiger partial charge in [-0.2, -0.15) is 0 Å². The molecule has 0 radical (unpaired) electrons. The number of aromatic amines is 1. The van der Waals surface area contributed by atoms with Gasteiger partial charge in [0.25, 0.3) is 0 Å². The van der Waals surface area contributed by atoms with Crippen molar-refractivity contribution < 1.29 is 9.94 Å². The zero-order valence-electron chi connectivity index (χ0n) is 19.0. The van der Waals surface area contributed by atoms with Gasteiger partial charge in [0.1, 0.15) is 5.75 Å². The molecule has 1 aliphatic rings. The van der Waals surface area contributed by atoms with E-state index in [4.69, 9.17) is 9.94 Å². The number of ether oxygens (including phenoxy) is 1. The third kappa shape index (κ3) is 5.38. The van der Waals surface area contributed by atoms with Crippen molar-refractivity contribution in [2.75, 3.05) is 44.7 Å². The molecule has 1 aliphatic heterocycles. The van der Waals surface area contributed by atoms with Crippen molar-refractivity contribution in [1.82, 2.24) is 25.3 Å². The fourth-order valence-electron chi connectivity index (χ4n) is 4.53. The van der Waals surface area contributed by atoms with Gasteiger partial charge >= 0.3 is 0 Å². The Bertz CT molecular complexity index is 982. The van der Waals surface area contributed by atoms with Crippen molar-refractivity contribution in [2.45, 2.75) is 32.7 Å². The lowest BCUT2D eigenvalue weighted by Gasteiger charge is -2.34. The number of hydroxylamine groups is 1. The maximum absolute atomic E-state index is 8.79. The van der Waals surface area contributed by atoms with Crippen LogP contribution in [0.5, 0.6) is 5.75 Å². The van der Waals surface area contributed by atoms with Gasteiger partial charge in [-0.15, -0.1) is 0 Å². The van der Waals surface area contributed by atoms with Crippen molar-refractivity contribution in [3.05, 3.63) is 47.9 Å². The molecule has 1 fully saturated rings. The molecule has 0 spiro atoms. The van der Waals surface area contributed by atoms with Crippen LogP contribution in [0.4, 0.5) is 5.95 Å². The van der Waals surface area contributed by atoms with Crippen LogP contribution in [0.15, 0.2) is 36.8 Å². The van der Waals surface area contributed by atoms with E-state index in [2.05, 4.69) is 55.5 Å². The Kier molecular flexibility index (Phi) is 7.57. The molecule has 3 aromatic rings. The number of hydrogen-bond donors (Lipinski definition) is 3. The Balaban J connectivity index is 1.26. The van der Waals surface area contributed by atoms with E-state index in [0.29, 0.717) is 12.5 Å². The summed E-state index contributed by atoms with van der Waals surface area (Å²) in [6, 6.07) is 6.25. The van der Waals surface area contributed by atoms with Crippen molar-refractivity contribution in [2.24, 2.45) is 5.92 Å². The summed E-state index contributed by atoms with van der Waals surface area (Å²) in [4.78, 5) is 17.1. The molecular formula is C24H34N6O2. The van der Waals surface area contributed by atoms with Gasteiger partial charge in [0.05, 0.1) is 7.11 Å². The number of fused-ring (bicyclic) bond motifs is 1. The SMILES string of the molecule is CCN(CCc1c[nH]c2cc(OC)ccc12)CC1CCN(c2ncc(CNO)cn2)CC1. The summed E-state index contributed by atoms with van der Waals surface area (Å²) in [6.45, 7) is 7.88. The molecule has 8 heteroatoms. The highest BCUT2D eigenvalue weighted by Crippen LogP contribution is 2.25. The van der Waals surface area contributed by atoms with Gasteiger partial charge < -0.3 is 24.7 Å². The number of nitrogens with one attached hydrogen (secondary N) is 2. The van der Waals surface area contributed by atoms with E-state index in [9.17, 15) is 0 Å². The Labute approximate surface area is 189 Å². The number of nitrogens with zero attached hydrogens (tertiary/aromatic N) is 4. The predicted molar refractivity (Wildman–Crippen MR) is 126 cm³/mol. The lowest BCUT2D eigenvalue weighted by molar-refractivity contribution is 0.161. The summed E-state index contributed by atoms with van der Waals surface area (Å²) in [6.07, 6.45) is 9.05. The lowest BCUT2D eigenvalue weighted by atomic mass is 9.96. The quantitative estimate of drug-likeness (QED) is 0.419. The Morgan fingerprint density at radius 1 is 1.25 bits per heavy atom. The first kappa shape index (κ1) is 22.5. The van der Waals surface area contributed by atoms with Crippen molar-refractivity contribution >= 4 is 16.9 Å². The molecule has 3 heterocycles. The van der Waals surface area contributed by atoms with Crippen LogP contribution in [0.2, 0.25) is 0 Å². The van der Waals surface area contributed by atoms with E-state index in [0.717, 1.165) is 74.8 Å². The van der Waals surface area contributed by atoms with Gasteiger partial charge in [0.15, 0.2) is 0 Å². The van der Waals surface area contributed by atoms with Gasteiger partial charge in [-0.3, -0.25) is 0 Å². The number of rotatable bonds is 10.